The molecule has 3 nitrogen and oxygen atoms in total. The Hall–Kier alpha value is -1.72. The second-order valence-corrected chi connectivity index (χ2v) is 6.55. The summed E-state index contributed by atoms with van der Waals surface area (Å²) in [5.41, 5.74) is 2.02. The van der Waals surface area contributed by atoms with Gasteiger partial charge < -0.3 is 0 Å². The van der Waals surface area contributed by atoms with E-state index in [1.807, 2.05) is 24.3 Å². The third kappa shape index (κ3) is 3.68. The van der Waals surface area contributed by atoms with Crippen molar-refractivity contribution in [2.24, 2.45) is 0 Å². The molecule has 0 fully saturated rings. The maximum atomic E-state index is 13.6. The Morgan fingerprint density at radius 1 is 1.10 bits per heavy atom. The molecule has 0 aliphatic carbocycles. The molecule has 2 rings (SSSR count). The summed E-state index contributed by atoms with van der Waals surface area (Å²) in [6.07, 6.45) is 0.926. The van der Waals surface area contributed by atoms with Crippen LogP contribution in [0.15, 0.2) is 53.4 Å². The molecule has 112 valence electrons. The zero-order valence-corrected chi connectivity index (χ0v) is 12.8. The number of sulfonamides is 1. The SMILES string of the molecule is CCc1ccc(C(C)NS(=O)(=O)c2ccccc2F)cc1. The quantitative estimate of drug-likeness (QED) is 0.920. The zero-order valence-electron chi connectivity index (χ0n) is 12.0. The highest BCUT2D eigenvalue weighted by Gasteiger charge is 2.21. The van der Waals surface area contributed by atoms with E-state index in [0.717, 1.165) is 18.1 Å². The highest BCUT2D eigenvalue weighted by molar-refractivity contribution is 7.89. The number of benzene rings is 2. The van der Waals surface area contributed by atoms with Gasteiger partial charge in [-0.15, -0.1) is 0 Å². The van der Waals surface area contributed by atoms with E-state index in [0.29, 0.717) is 0 Å². The highest BCUT2D eigenvalue weighted by Crippen LogP contribution is 2.19. The lowest BCUT2D eigenvalue weighted by molar-refractivity contribution is 0.547. The largest absolute Gasteiger partial charge is 0.244 e. The molecule has 0 radical (unpaired) electrons. The van der Waals surface area contributed by atoms with Gasteiger partial charge in [0.15, 0.2) is 0 Å². The van der Waals surface area contributed by atoms with Gasteiger partial charge in [-0.3, -0.25) is 0 Å². The van der Waals surface area contributed by atoms with Crippen molar-refractivity contribution < 1.29 is 12.8 Å². The molecule has 2 aromatic carbocycles. The van der Waals surface area contributed by atoms with Gasteiger partial charge in [0.25, 0.3) is 0 Å². The van der Waals surface area contributed by atoms with Crippen molar-refractivity contribution in [1.82, 2.24) is 4.72 Å². The third-order valence-electron chi connectivity index (χ3n) is 3.35. The average molecular weight is 307 g/mol. The predicted octanol–water partition coefficient (Wildman–Crippen LogP) is 3.43. The van der Waals surface area contributed by atoms with Gasteiger partial charge in [0.1, 0.15) is 10.7 Å². The second-order valence-electron chi connectivity index (χ2n) is 4.87. The van der Waals surface area contributed by atoms with Gasteiger partial charge in [0.2, 0.25) is 10.0 Å². The molecular formula is C16H18FNO2S. The summed E-state index contributed by atoms with van der Waals surface area (Å²) < 4.78 is 40.5. The van der Waals surface area contributed by atoms with Crippen LogP contribution in [0.2, 0.25) is 0 Å². The van der Waals surface area contributed by atoms with Crippen LogP contribution in [0.4, 0.5) is 4.39 Å². The lowest BCUT2D eigenvalue weighted by Crippen LogP contribution is -2.27. The number of hydrogen-bond acceptors (Lipinski definition) is 2. The van der Waals surface area contributed by atoms with Gasteiger partial charge in [-0.05, 0) is 36.6 Å². The molecule has 0 spiro atoms. The molecule has 2 aromatic rings. The van der Waals surface area contributed by atoms with Crippen molar-refractivity contribution in [3.05, 3.63) is 65.5 Å². The smallest absolute Gasteiger partial charge is 0.207 e. The standard InChI is InChI=1S/C16H18FNO2S/c1-3-13-8-10-14(11-9-13)12(2)18-21(19,20)16-7-5-4-6-15(16)17/h4-12,18H,3H2,1-2H3. The molecule has 5 heteroatoms. The Bertz CT molecular complexity index is 711. The van der Waals surface area contributed by atoms with E-state index in [2.05, 4.69) is 11.6 Å². The van der Waals surface area contributed by atoms with Crippen LogP contribution < -0.4 is 4.72 Å². The van der Waals surface area contributed by atoms with Crippen LogP contribution >= 0.6 is 0 Å². The van der Waals surface area contributed by atoms with E-state index < -0.39 is 21.9 Å². The third-order valence-corrected chi connectivity index (χ3v) is 4.92. The number of aryl methyl sites for hydroxylation is 1. The summed E-state index contributed by atoms with van der Waals surface area (Å²) >= 11 is 0. The fraction of sp³-hybridized carbons (Fsp3) is 0.250. The number of nitrogens with one attached hydrogen (secondary N) is 1. The minimum Gasteiger partial charge on any atom is -0.207 e. The number of halogens is 1. The van der Waals surface area contributed by atoms with E-state index in [9.17, 15) is 12.8 Å². The summed E-state index contributed by atoms with van der Waals surface area (Å²) in [4.78, 5) is -0.331. The molecule has 21 heavy (non-hydrogen) atoms. The highest BCUT2D eigenvalue weighted by atomic mass is 32.2. The average Bonchev–Trinajstić information content (AvgIpc) is 2.47. The van der Waals surface area contributed by atoms with Gasteiger partial charge in [-0.1, -0.05) is 43.3 Å². The number of rotatable bonds is 5. The molecule has 0 bridgehead atoms. The van der Waals surface area contributed by atoms with E-state index in [1.54, 1.807) is 6.92 Å². The maximum Gasteiger partial charge on any atom is 0.244 e. The van der Waals surface area contributed by atoms with Crippen LogP contribution in [0.3, 0.4) is 0 Å². The van der Waals surface area contributed by atoms with Crippen molar-refractivity contribution in [2.75, 3.05) is 0 Å². The zero-order chi connectivity index (χ0) is 15.5. The Morgan fingerprint density at radius 3 is 2.29 bits per heavy atom. The fourth-order valence-electron chi connectivity index (χ4n) is 2.07. The number of hydrogen-bond donors (Lipinski definition) is 1. The van der Waals surface area contributed by atoms with Crippen LogP contribution in [0.25, 0.3) is 0 Å². The first kappa shape index (κ1) is 15.7. The van der Waals surface area contributed by atoms with E-state index in [1.165, 1.54) is 23.8 Å². The topological polar surface area (TPSA) is 46.2 Å². The van der Waals surface area contributed by atoms with Crippen LogP contribution in [0, 0.1) is 5.82 Å². The normalized spacial score (nSPS) is 13.1. The van der Waals surface area contributed by atoms with Crippen LogP contribution in [-0.4, -0.2) is 8.42 Å². The Morgan fingerprint density at radius 2 is 1.71 bits per heavy atom. The lowest BCUT2D eigenvalue weighted by atomic mass is 10.1. The van der Waals surface area contributed by atoms with Gasteiger partial charge >= 0.3 is 0 Å². The minimum atomic E-state index is -3.88. The summed E-state index contributed by atoms with van der Waals surface area (Å²) in [5.74, 6) is -0.751. The van der Waals surface area contributed by atoms with Gasteiger partial charge in [-0.2, -0.15) is 0 Å². The summed E-state index contributed by atoms with van der Waals surface area (Å²) in [7, 11) is -3.88. The van der Waals surface area contributed by atoms with E-state index in [-0.39, 0.29) is 4.90 Å². The van der Waals surface area contributed by atoms with Crippen molar-refractivity contribution in [2.45, 2.75) is 31.2 Å². The monoisotopic (exact) mass is 307 g/mol. The molecule has 1 N–H and O–H groups in total. The minimum absolute atomic E-state index is 0.331. The summed E-state index contributed by atoms with van der Waals surface area (Å²) in [5, 5.41) is 0. The Balaban J connectivity index is 2.21. The Labute approximate surface area is 124 Å². The molecule has 0 aliphatic rings. The predicted molar refractivity (Wildman–Crippen MR) is 81.0 cm³/mol. The Kier molecular flexibility index (Phi) is 4.75. The molecule has 1 unspecified atom stereocenters. The van der Waals surface area contributed by atoms with Crippen molar-refractivity contribution in [3.63, 3.8) is 0 Å². The first-order chi connectivity index (χ1) is 9.94. The van der Waals surface area contributed by atoms with Gasteiger partial charge in [-0.25, -0.2) is 17.5 Å². The lowest BCUT2D eigenvalue weighted by Gasteiger charge is -2.15. The van der Waals surface area contributed by atoms with Crippen LogP contribution in [0.1, 0.15) is 31.0 Å². The molecular weight excluding hydrogens is 289 g/mol. The summed E-state index contributed by atoms with van der Waals surface area (Å²) in [6.45, 7) is 3.79. The van der Waals surface area contributed by atoms with Crippen LogP contribution in [0.5, 0.6) is 0 Å². The van der Waals surface area contributed by atoms with Crippen molar-refractivity contribution in [3.8, 4) is 0 Å². The van der Waals surface area contributed by atoms with Crippen molar-refractivity contribution >= 4 is 10.0 Å². The fourth-order valence-corrected chi connectivity index (χ4v) is 3.38. The molecule has 0 saturated heterocycles. The first-order valence-electron chi connectivity index (χ1n) is 6.79. The van der Waals surface area contributed by atoms with Gasteiger partial charge in [0, 0.05) is 6.04 Å². The second kappa shape index (κ2) is 6.37. The summed E-state index contributed by atoms with van der Waals surface area (Å²) in [6, 6.07) is 12.6. The van der Waals surface area contributed by atoms with Crippen LogP contribution in [-0.2, 0) is 16.4 Å². The molecule has 0 amide bonds. The molecule has 1 atom stereocenters. The molecule has 0 aliphatic heterocycles. The molecule has 0 saturated carbocycles. The van der Waals surface area contributed by atoms with Crippen molar-refractivity contribution in [1.29, 1.82) is 0 Å². The maximum absolute atomic E-state index is 13.6. The molecule has 0 aromatic heterocycles. The van der Waals surface area contributed by atoms with Gasteiger partial charge in [0.05, 0.1) is 0 Å². The molecule has 0 heterocycles. The first-order valence-corrected chi connectivity index (χ1v) is 8.28. The van der Waals surface area contributed by atoms with E-state index in [4.69, 9.17) is 0 Å². The van der Waals surface area contributed by atoms with E-state index >= 15 is 0 Å².